The number of pyridine rings is 1. The molecule has 0 aliphatic carbocycles. The van der Waals surface area contributed by atoms with E-state index in [4.69, 9.17) is 0 Å². The lowest BCUT2D eigenvalue weighted by atomic mass is 10.3. The summed E-state index contributed by atoms with van der Waals surface area (Å²) in [5.74, 6) is 0.522. The monoisotopic (exact) mass is 308 g/mol. The fourth-order valence-electron chi connectivity index (χ4n) is 1.54. The molecule has 5 nitrogen and oxygen atoms in total. The summed E-state index contributed by atoms with van der Waals surface area (Å²) in [6.07, 6.45) is 3.40. The number of carbonyl (C=O) groups is 1. The van der Waals surface area contributed by atoms with Crippen LogP contribution in [0, 0.1) is 0 Å². The van der Waals surface area contributed by atoms with Crippen molar-refractivity contribution in [2.24, 2.45) is 0 Å². The zero-order chi connectivity index (χ0) is 13.1. The Morgan fingerprint density at radius 2 is 2.28 bits per heavy atom. The summed E-state index contributed by atoms with van der Waals surface area (Å²) < 4.78 is 0.840. The Hall–Kier alpha value is -1.82. The van der Waals surface area contributed by atoms with E-state index in [-0.39, 0.29) is 5.91 Å². The van der Waals surface area contributed by atoms with Crippen molar-refractivity contribution in [1.82, 2.24) is 9.97 Å². The van der Waals surface area contributed by atoms with Crippen LogP contribution in [0.2, 0.25) is 0 Å². The SMILES string of the molecule is CN(C)c1ncccc1NC(=O)c1cc(Br)c[nH]1. The maximum absolute atomic E-state index is 12.0. The van der Waals surface area contributed by atoms with Gasteiger partial charge in [-0.1, -0.05) is 0 Å². The van der Waals surface area contributed by atoms with Gasteiger partial charge in [-0.25, -0.2) is 4.98 Å². The van der Waals surface area contributed by atoms with Crippen LogP contribution in [0.5, 0.6) is 0 Å². The minimum atomic E-state index is -0.197. The molecular weight excluding hydrogens is 296 g/mol. The normalized spacial score (nSPS) is 10.2. The average molecular weight is 309 g/mol. The molecule has 1 amide bonds. The smallest absolute Gasteiger partial charge is 0.272 e. The van der Waals surface area contributed by atoms with Crippen LogP contribution in [-0.4, -0.2) is 30.0 Å². The Balaban J connectivity index is 2.22. The molecule has 2 rings (SSSR count). The molecule has 6 heteroatoms. The summed E-state index contributed by atoms with van der Waals surface area (Å²) in [6.45, 7) is 0. The number of hydrogen-bond acceptors (Lipinski definition) is 3. The predicted octanol–water partition coefficient (Wildman–Crippen LogP) is 2.49. The van der Waals surface area contributed by atoms with Gasteiger partial charge in [0.05, 0.1) is 5.69 Å². The number of aromatic amines is 1. The summed E-state index contributed by atoms with van der Waals surface area (Å²) in [5.41, 5.74) is 1.17. The summed E-state index contributed by atoms with van der Waals surface area (Å²) in [7, 11) is 3.76. The minimum absolute atomic E-state index is 0.197. The van der Waals surface area contributed by atoms with Crippen LogP contribution in [0.3, 0.4) is 0 Å². The minimum Gasteiger partial charge on any atom is -0.361 e. The third-order valence-electron chi connectivity index (χ3n) is 2.35. The van der Waals surface area contributed by atoms with Gasteiger partial charge in [-0.3, -0.25) is 4.79 Å². The molecule has 0 atom stereocenters. The number of halogens is 1. The highest BCUT2D eigenvalue weighted by molar-refractivity contribution is 9.10. The number of H-pyrrole nitrogens is 1. The molecule has 2 aromatic heterocycles. The first kappa shape index (κ1) is 12.6. The van der Waals surface area contributed by atoms with Gasteiger partial charge in [-0.2, -0.15) is 0 Å². The molecule has 18 heavy (non-hydrogen) atoms. The predicted molar refractivity (Wildman–Crippen MR) is 75.0 cm³/mol. The second kappa shape index (κ2) is 5.22. The van der Waals surface area contributed by atoms with Crippen LogP contribution in [0.25, 0.3) is 0 Å². The summed E-state index contributed by atoms with van der Waals surface area (Å²) in [5, 5.41) is 2.83. The zero-order valence-electron chi connectivity index (χ0n) is 10.1. The molecule has 0 unspecified atom stereocenters. The van der Waals surface area contributed by atoms with Crippen molar-refractivity contribution in [1.29, 1.82) is 0 Å². The van der Waals surface area contributed by atoms with Crippen LogP contribution < -0.4 is 10.2 Å². The van der Waals surface area contributed by atoms with Crippen molar-refractivity contribution in [2.75, 3.05) is 24.3 Å². The molecular formula is C12H13BrN4O. The van der Waals surface area contributed by atoms with Gasteiger partial charge in [0.2, 0.25) is 0 Å². The third kappa shape index (κ3) is 2.70. The molecule has 0 aliphatic heterocycles. The van der Waals surface area contributed by atoms with E-state index >= 15 is 0 Å². The largest absolute Gasteiger partial charge is 0.361 e. The molecule has 0 saturated carbocycles. The molecule has 0 radical (unpaired) electrons. The molecule has 94 valence electrons. The van der Waals surface area contributed by atoms with Crippen molar-refractivity contribution in [3.05, 3.63) is 40.8 Å². The van der Waals surface area contributed by atoms with E-state index in [0.717, 1.165) is 10.3 Å². The number of hydrogen-bond donors (Lipinski definition) is 2. The van der Waals surface area contributed by atoms with Crippen LogP contribution in [0.4, 0.5) is 11.5 Å². The van der Waals surface area contributed by atoms with Crippen molar-refractivity contribution in [2.45, 2.75) is 0 Å². The quantitative estimate of drug-likeness (QED) is 0.916. The lowest BCUT2D eigenvalue weighted by Crippen LogP contribution is -2.17. The van der Waals surface area contributed by atoms with E-state index in [2.05, 4.69) is 31.2 Å². The van der Waals surface area contributed by atoms with E-state index in [0.29, 0.717) is 11.4 Å². The maximum Gasteiger partial charge on any atom is 0.272 e. The highest BCUT2D eigenvalue weighted by Crippen LogP contribution is 2.21. The van der Waals surface area contributed by atoms with E-state index < -0.39 is 0 Å². The Labute approximate surface area is 113 Å². The first-order chi connectivity index (χ1) is 8.58. The van der Waals surface area contributed by atoms with Crippen molar-refractivity contribution in [3.8, 4) is 0 Å². The first-order valence-corrected chi connectivity index (χ1v) is 6.15. The highest BCUT2D eigenvalue weighted by Gasteiger charge is 2.12. The maximum atomic E-state index is 12.0. The van der Waals surface area contributed by atoms with Crippen LogP contribution in [0.1, 0.15) is 10.5 Å². The molecule has 0 aromatic carbocycles. The number of nitrogens with one attached hydrogen (secondary N) is 2. The van der Waals surface area contributed by atoms with Gasteiger partial charge in [-0.15, -0.1) is 0 Å². The van der Waals surface area contributed by atoms with E-state index in [1.165, 1.54) is 0 Å². The van der Waals surface area contributed by atoms with Crippen molar-refractivity contribution < 1.29 is 4.79 Å². The molecule has 0 spiro atoms. The highest BCUT2D eigenvalue weighted by atomic mass is 79.9. The summed E-state index contributed by atoms with van der Waals surface area (Å²) >= 11 is 3.29. The number of amides is 1. The van der Waals surface area contributed by atoms with Crippen molar-refractivity contribution >= 4 is 33.3 Å². The lowest BCUT2D eigenvalue weighted by molar-refractivity contribution is 0.102. The second-order valence-corrected chi connectivity index (χ2v) is 4.87. The molecule has 2 aromatic rings. The van der Waals surface area contributed by atoms with Crippen LogP contribution in [0.15, 0.2) is 35.1 Å². The molecule has 0 aliphatic rings. The molecule has 2 N–H and O–H groups in total. The van der Waals surface area contributed by atoms with Crippen LogP contribution in [-0.2, 0) is 0 Å². The van der Waals surface area contributed by atoms with Gasteiger partial charge < -0.3 is 15.2 Å². The average Bonchev–Trinajstić information content (AvgIpc) is 2.76. The molecule has 0 saturated heterocycles. The topological polar surface area (TPSA) is 61.0 Å². The number of anilines is 2. The molecule has 0 fully saturated rings. The zero-order valence-corrected chi connectivity index (χ0v) is 11.7. The fourth-order valence-corrected chi connectivity index (χ4v) is 1.88. The van der Waals surface area contributed by atoms with Gasteiger partial charge in [0.1, 0.15) is 5.69 Å². The summed E-state index contributed by atoms with van der Waals surface area (Å²) in [4.78, 5) is 20.9. The standard InChI is InChI=1S/C12H13BrN4O/c1-17(2)11-9(4-3-5-14-11)16-12(18)10-6-8(13)7-15-10/h3-7,15H,1-2H3,(H,16,18). The van der Waals surface area contributed by atoms with Gasteiger partial charge in [0.15, 0.2) is 5.82 Å². The second-order valence-electron chi connectivity index (χ2n) is 3.95. The number of carbonyl (C=O) groups excluding carboxylic acids is 1. The van der Waals surface area contributed by atoms with E-state index in [1.54, 1.807) is 24.5 Å². The fraction of sp³-hybridized carbons (Fsp3) is 0.167. The van der Waals surface area contributed by atoms with E-state index in [1.807, 2.05) is 25.1 Å². The Kier molecular flexibility index (Phi) is 3.66. The lowest BCUT2D eigenvalue weighted by Gasteiger charge is -2.15. The Morgan fingerprint density at radius 3 is 2.89 bits per heavy atom. The Bertz CT molecular complexity index is 565. The van der Waals surface area contributed by atoms with Gasteiger partial charge in [-0.05, 0) is 34.1 Å². The summed E-state index contributed by atoms with van der Waals surface area (Å²) in [6, 6.07) is 5.33. The van der Waals surface area contributed by atoms with Gasteiger partial charge >= 0.3 is 0 Å². The van der Waals surface area contributed by atoms with Gasteiger partial charge in [0, 0.05) is 31.0 Å². The molecule has 0 bridgehead atoms. The van der Waals surface area contributed by atoms with Gasteiger partial charge in [0.25, 0.3) is 5.91 Å². The van der Waals surface area contributed by atoms with E-state index in [9.17, 15) is 4.79 Å². The Morgan fingerprint density at radius 1 is 1.50 bits per heavy atom. The number of nitrogens with zero attached hydrogens (tertiary/aromatic N) is 2. The molecule has 2 heterocycles. The first-order valence-electron chi connectivity index (χ1n) is 5.35. The third-order valence-corrected chi connectivity index (χ3v) is 2.81. The van der Waals surface area contributed by atoms with Crippen molar-refractivity contribution in [3.63, 3.8) is 0 Å². The van der Waals surface area contributed by atoms with Crippen LogP contribution >= 0.6 is 15.9 Å². The number of aromatic nitrogens is 2. The number of rotatable bonds is 3.